The van der Waals surface area contributed by atoms with Gasteiger partial charge in [-0.15, -0.1) is 0 Å². The number of carbonyl (C=O) groups is 4. The molecule has 0 heterocycles. The molecule has 0 rings (SSSR count). The number of carboxylic acid groups (broad SMARTS) is 2. The maximum absolute atomic E-state index is 9.54. The van der Waals surface area contributed by atoms with E-state index in [1.807, 2.05) is 0 Å². The van der Waals surface area contributed by atoms with Crippen LogP contribution >= 0.6 is 0 Å². The molecule has 0 saturated carbocycles. The first-order chi connectivity index (χ1) is 5.29. The Morgan fingerprint density at radius 1 is 0.769 bits per heavy atom. The standard InChI is InChI=1S/2C3H4O3.Co/c2*1-2(4)3(5)6;/h2*1H3,(H,5,6);. The van der Waals surface area contributed by atoms with E-state index in [-0.39, 0.29) is 16.8 Å². The van der Waals surface area contributed by atoms with Gasteiger partial charge in [0, 0.05) is 30.6 Å². The molecule has 0 aliphatic rings. The number of rotatable bonds is 2. The van der Waals surface area contributed by atoms with Gasteiger partial charge in [0.1, 0.15) is 0 Å². The average molecular weight is 235 g/mol. The van der Waals surface area contributed by atoms with E-state index in [4.69, 9.17) is 10.2 Å². The molecule has 0 spiro atoms. The van der Waals surface area contributed by atoms with Crippen LogP contribution in [0.2, 0.25) is 0 Å². The summed E-state index contributed by atoms with van der Waals surface area (Å²) >= 11 is 0. The van der Waals surface area contributed by atoms with Crippen molar-refractivity contribution in [3.63, 3.8) is 0 Å². The van der Waals surface area contributed by atoms with Gasteiger partial charge in [0.15, 0.2) is 0 Å². The summed E-state index contributed by atoms with van der Waals surface area (Å²) in [5, 5.41) is 15.3. The molecule has 0 aromatic rings. The molecule has 0 unspecified atom stereocenters. The monoisotopic (exact) mass is 235 g/mol. The van der Waals surface area contributed by atoms with E-state index in [9.17, 15) is 19.2 Å². The molecule has 6 nitrogen and oxygen atoms in total. The van der Waals surface area contributed by atoms with E-state index in [1.54, 1.807) is 0 Å². The number of carboxylic acids is 2. The zero-order valence-corrected chi connectivity index (χ0v) is 7.90. The van der Waals surface area contributed by atoms with Crippen LogP contribution in [0.15, 0.2) is 0 Å². The summed E-state index contributed by atoms with van der Waals surface area (Å²) in [6.45, 7) is 2.00. The van der Waals surface area contributed by atoms with Crippen LogP contribution in [0.25, 0.3) is 0 Å². The van der Waals surface area contributed by atoms with Crippen LogP contribution in [-0.4, -0.2) is 33.7 Å². The Hall–Kier alpha value is -1.21. The van der Waals surface area contributed by atoms with Crippen molar-refractivity contribution in [3.8, 4) is 0 Å². The molecule has 13 heavy (non-hydrogen) atoms. The number of aliphatic carboxylic acids is 2. The third-order valence-electron chi connectivity index (χ3n) is 0.602. The van der Waals surface area contributed by atoms with Crippen LogP contribution in [0, 0.1) is 0 Å². The molecule has 0 aromatic heterocycles. The predicted molar refractivity (Wildman–Crippen MR) is 36.6 cm³/mol. The minimum Gasteiger partial charge on any atom is -0.476 e. The minimum absolute atomic E-state index is 0. The molecule has 0 aliphatic heterocycles. The fraction of sp³-hybridized carbons (Fsp3) is 0.333. The summed E-state index contributed by atoms with van der Waals surface area (Å²) in [7, 11) is 0. The van der Waals surface area contributed by atoms with Crippen molar-refractivity contribution >= 4 is 23.5 Å². The average Bonchev–Trinajstić information content (AvgIpc) is 1.88. The molecule has 2 N–H and O–H groups in total. The number of Topliss-reactive ketones (excluding diaryl/α,β-unsaturated/α-hetero) is 2. The van der Waals surface area contributed by atoms with Crippen LogP contribution in [0.3, 0.4) is 0 Å². The van der Waals surface area contributed by atoms with Gasteiger partial charge in [-0.3, -0.25) is 9.59 Å². The van der Waals surface area contributed by atoms with Crippen LogP contribution in [0.1, 0.15) is 13.8 Å². The largest absolute Gasteiger partial charge is 0.476 e. The van der Waals surface area contributed by atoms with E-state index in [1.165, 1.54) is 0 Å². The SMILES string of the molecule is CC(=O)C(=O)O.CC(=O)C(=O)O.[Co]. The number of hydrogen-bond donors (Lipinski definition) is 2. The van der Waals surface area contributed by atoms with Crippen molar-refractivity contribution in [2.24, 2.45) is 0 Å². The predicted octanol–water partition coefficient (Wildman–Crippen LogP) is -0.683. The fourth-order valence-corrected chi connectivity index (χ4v) is 0. The van der Waals surface area contributed by atoms with Crippen molar-refractivity contribution in [1.29, 1.82) is 0 Å². The first-order valence-corrected chi connectivity index (χ1v) is 2.76. The Morgan fingerprint density at radius 3 is 0.846 bits per heavy atom. The van der Waals surface area contributed by atoms with E-state index in [2.05, 4.69) is 0 Å². The fourth-order valence-electron chi connectivity index (χ4n) is 0. The Balaban J connectivity index is -0.000000143. The topological polar surface area (TPSA) is 109 Å². The third-order valence-corrected chi connectivity index (χ3v) is 0.602. The zero-order chi connectivity index (χ0) is 10.3. The summed E-state index contributed by atoms with van der Waals surface area (Å²) in [6.07, 6.45) is 0. The van der Waals surface area contributed by atoms with Gasteiger partial charge in [-0.1, -0.05) is 0 Å². The van der Waals surface area contributed by atoms with Crippen LogP contribution in [0.4, 0.5) is 0 Å². The second-order valence-corrected chi connectivity index (χ2v) is 1.72. The summed E-state index contributed by atoms with van der Waals surface area (Å²) < 4.78 is 0. The van der Waals surface area contributed by atoms with E-state index >= 15 is 0 Å². The van der Waals surface area contributed by atoms with Crippen LogP contribution < -0.4 is 0 Å². The van der Waals surface area contributed by atoms with E-state index in [0.29, 0.717) is 0 Å². The van der Waals surface area contributed by atoms with Gasteiger partial charge < -0.3 is 10.2 Å². The zero-order valence-electron chi connectivity index (χ0n) is 6.86. The van der Waals surface area contributed by atoms with E-state index in [0.717, 1.165) is 13.8 Å². The Kier molecular flexibility index (Phi) is 12.1. The molecule has 1 radical (unpaired) electrons. The summed E-state index contributed by atoms with van der Waals surface area (Å²) in [6, 6.07) is 0. The summed E-state index contributed by atoms with van der Waals surface area (Å²) in [5.74, 6) is -4.41. The number of carbonyl (C=O) groups excluding carboxylic acids is 2. The molecule has 0 amide bonds. The van der Waals surface area contributed by atoms with Gasteiger partial charge in [-0.25, -0.2) is 9.59 Å². The molecule has 0 aromatic carbocycles. The van der Waals surface area contributed by atoms with E-state index < -0.39 is 23.5 Å². The van der Waals surface area contributed by atoms with Gasteiger partial charge in [0.05, 0.1) is 0 Å². The van der Waals surface area contributed by atoms with Gasteiger partial charge in [-0.05, 0) is 0 Å². The molecule has 77 valence electrons. The maximum atomic E-state index is 9.54. The molecule has 7 heteroatoms. The van der Waals surface area contributed by atoms with Gasteiger partial charge >= 0.3 is 11.9 Å². The van der Waals surface area contributed by atoms with Gasteiger partial charge in [-0.2, -0.15) is 0 Å². The minimum atomic E-state index is -1.38. The van der Waals surface area contributed by atoms with Crippen molar-refractivity contribution in [2.75, 3.05) is 0 Å². The summed E-state index contributed by atoms with van der Waals surface area (Å²) in [4.78, 5) is 37.8. The summed E-state index contributed by atoms with van der Waals surface area (Å²) in [5.41, 5.74) is 0. The smallest absolute Gasteiger partial charge is 0.371 e. The Bertz CT molecular complexity index is 173. The van der Waals surface area contributed by atoms with Crippen molar-refractivity contribution < 1.29 is 46.2 Å². The molecule has 0 bridgehead atoms. The Labute approximate surface area is 84.1 Å². The second-order valence-electron chi connectivity index (χ2n) is 1.72. The second kappa shape index (κ2) is 8.88. The number of ketones is 2. The Morgan fingerprint density at radius 2 is 0.846 bits per heavy atom. The first-order valence-electron chi connectivity index (χ1n) is 2.76. The van der Waals surface area contributed by atoms with Gasteiger partial charge in [0.25, 0.3) is 0 Å². The molecule has 0 saturated heterocycles. The normalized spacial score (nSPS) is 6.92. The van der Waals surface area contributed by atoms with Crippen LogP contribution in [-0.2, 0) is 36.0 Å². The molecule has 0 fully saturated rings. The first kappa shape index (κ1) is 17.8. The van der Waals surface area contributed by atoms with Crippen molar-refractivity contribution in [3.05, 3.63) is 0 Å². The molecule has 0 atom stereocenters. The molecular formula is C6H8CoO6. The maximum Gasteiger partial charge on any atom is 0.371 e. The van der Waals surface area contributed by atoms with Crippen molar-refractivity contribution in [2.45, 2.75) is 13.8 Å². The molecule has 0 aliphatic carbocycles. The van der Waals surface area contributed by atoms with Crippen molar-refractivity contribution in [1.82, 2.24) is 0 Å². The van der Waals surface area contributed by atoms with Gasteiger partial charge in [0.2, 0.25) is 11.6 Å². The van der Waals surface area contributed by atoms with Crippen LogP contribution in [0.5, 0.6) is 0 Å². The number of hydrogen-bond acceptors (Lipinski definition) is 4. The third kappa shape index (κ3) is 18.1. The molecular weight excluding hydrogens is 227 g/mol. The quantitative estimate of drug-likeness (QED) is 0.613.